The van der Waals surface area contributed by atoms with E-state index in [-0.39, 0.29) is 0 Å². The van der Waals surface area contributed by atoms with Crippen LogP contribution in [0.3, 0.4) is 0 Å². The average molecular weight is 295 g/mol. The van der Waals surface area contributed by atoms with Crippen LogP contribution in [-0.4, -0.2) is 33.7 Å². The predicted molar refractivity (Wildman–Crippen MR) is 78.9 cm³/mol. The van der Waals surface area contributed by atoms with E-state index in [1.165, 1.54) is 0 Å². The van der Waals surface area contributed by atoms with Crippen molar-refractivity contribution in [3.05, 3.63) is 40.4 Å². The molecule has 0 unspecified atom stereocenters. The second kappa shape index (κ2) is 6.72. The van der Waals surface area contributed by atoms with Crippen LogP contribution >= 0.6 is 11.6 Å². The summed E-state index contributed by atoms with van der Waals surface area (Å²) in [6.45, 7) is 5.89. The number of aryl methyl sites for hydroxylation is 1. The lowest BCUT2D eigenvalue weighted by Crippen LogP contribution is -2.18. The van der Waals surface area contributed by atoms with E-state index in [0.717, 1.165) is 29.5 Å². The molecule has 0 fully saturated rings. The quantitative estimate of drug-likeness (QED) is 0.890. The fraction of sp³-hybridized carbons (Fsp3) is 0.429. The lowest BCUT2D eigenvalue weighted by atomic mass is 10.2. The predicted octanol–water partition coefficient (Wildman–Crippen LogP) is 2.80. The topological polar surface area (TPSA) is 54.0 Å². The number of aromatic nitrogens is 3. The van der Waals surface area contributed by atoms with Crippen molar-refractivity contribution < 1.29 is 4.74 Å². The number of aromatic amines is 1. The van der Waals surface area contributed by atoms with E-state index < -0.39 is 0 Å². The number of hydrogen-bond acceptors (Lipinski definition) is 4. The standard InChI is InChI=1S/C14H19ClN4O/c1-4-20-13-6-5-12(15)7-11(13)8-19(3)9-14-16-10(2)17-18-14/h5-7H,4,8-9H2,1-3H3,(H,16,17,18). The number of H-pyrrole nitrogens is 1. The van der Waals surface area contributed by atoms with E-state index >= 15 is 0 Å². The summed E-state index contributed by atoms with van der Waals surface area (Å²) in [6.07, 6.45) is 0. The Balaban J connectivity index is 2.06. The van der Waals surface area contributed by atoms with Gasteiger partial charge in [-0.2, -0.15) is 5.10 Å². The zero-order valence-corrected chi connectivity index (χ0v) is 12.7. The molecule has 5 nitrogen and oxygen atoms in total. The van der Waals surface area contributed by atoms with Gasteiger partial charge >= 0.3 is 0 Å². The molecule has 2 aromatic rings. The summed E-state index contributed by atoms with van der Waals surface area (Å²) in [4.78, 5) is 6.42. The molecule has 0 saturated heterocycles. The molecule has 0 aliphatic rings. The van der Waals surface area contributed by atoms with Crippen molar-refractivity contribution in [2.45, 2.75) is 26.9 Å². The van der Waals surface area contributed by atoms with Gasteiger partial charge in [-0.05, 0) is 39.1 Å². The van der Waals surface area contributed by atoms with Crippen molar-refractivity contribution in [2.75, 3.05) is 13.7 Å². The summed E-state index contributed by atoms with van der Waals surface area (Å²) >= 11 is 6.06. The first-order valence-electron chi connectivity index (χ1n) is 6.56. The zero-order chi connectivity index (χ0) is 14.5. The lowest BCUT2D eigenvalue weighted by molar-refractivity contribution is 0.293. The number of halogens is 1. The SMILES string of the molecule is CCOc1ccc(Cl)cc1CN(C)Cc1n[nH]c(C)n1. The molecule has 1 N–H and O–H groups in total. The van der Waals surface area contributed by atoms with Crippen LogP contribution in [0.2, 0.25) is 5.02 Å². The van der Waals surface area contributed by atoms with Crippen molar-refractivity contribution in [1.29, 1.82) is 0 Å². The molecule has 0 bridgehead atoms. The van der Waals surface area contributed by atoms with Crippen molar-refractivity contribution in [3.8, 4) is 5.75 Å². The number of rotatable bonds is 6. The van der Waals surface area contributed by atoms with Crippen molar-refractivity contribution in [3.63, 3.8) is 0 Å². The van der Waals surface area contributed by atoms with Gasteiger partial charge in [0.1, 0.15) is 11.6 Å². The average Bonchev–Trinajstić information content (AvgIpc) is 2.78. The Kier molecular flexibility index (Phi) is 4.98. The Morgan fingerprint density at radius 2 is 2.15 bits per heavy atom. The summed E-state index contributed by atoms with van der Waals surface area (Å²) in [5.74, 6) is 2.48. The molecule has 0 aliphatic carbocycles. The van der Waals surface area contributed by atoms with Crippen molar-refractivity contribution in [1.82, 2.24) is 20.1 Å². The third-order valence-electron chi connectivity index (χ3n) is 2.82. The fourth-order valence-corrected chi connectivity index (χ4v) is 2.21. The van der Waals surface area contributed by atoms with E-state index in [1.54, 1.807) is 0 Å². The molecule has 0 saturated carbocycles. The molecule has 0 radical (unpaired) electrons. The van der Waals surface area contributed by atoms with Crippen LogP contribution in [0.1, 0.15) is 24.1 Å². The molecule has 0 atom stereocenters. The number of benzene rings is 1. The molecule has 1 aromatic heterocycles. The van der Waals surface area contributed by atoms with Gasteiger partial charge in [-0.1, -0.05) is 11.6 Å². The largest absolute Gasteiger partial charge is 0.494 e. The molecule has 1 heterocycles. The number of ether oxygens (including phenoxy) is 1. The van der Waals surface area contributed by atoms with Crippen LogP contribution in [0.15, 0.2) is 18.2 Å². The molecular weight excluding hydrogens is 276 g/mol. The van der Waals surface area contributed by atoms with Crippen LogP contribution in [0, 0.1) is 6.92 Å². The minimum atomic E-state index is 0.637. The molecular formula is C14H19ClN4O. The Morgan fingerprint density at radius 3 is 2.80 bits per heavy atom. The third-order valence-corrected chi connectivity index (χ3v) is 3.05. The molecule has 20 heavy (non-hydrogen) atoms. The zero-order valence-electron chi connectivity index (χ0n) is 12.0. The molecule has 0 aliphatic heterocycles. The van der Waals surface area contributed by atoms with Gasteiger partial charge in [0, 0.05) is 17.1 Å². The van der Waals surface area contributed by atoms with E-state index in [0.29, 0.717) is 18.2 Å². The van der Waals surface area contributed by atoms with Gasteiger partial charge in [-0.25, -0.2) is 4.98 Å². The third kappa shape index (κ3) is 3.95. The number of nitrogens with one attached hydrogen (secondary N) is 1. The van der Waals surface area contributed by atoms with Crippen LogP contribution in [0.4, 0.5) is 0 Å². The van der Waals surface area contributed by atoms with Crippen LogP contribution in [0.25, 0.3) is 0 Å². The van der Waals surface area contributed by atoms with Gasteiger partial charge in [0.25, 0.3) is 0 Å². The number of hydrogen-bond donors (Lipinski definition) is 1. The van der Waals surface area contributed by atoms with E-state index in [2.05, 4.69) is 20.1 Å². The van der Waals surface area contributed by atoms with Gasteiger partial charge in [0.05, 0.1) is 13.2 Å². The maximum absolute atomic E-state index is 6.06. The smallest absolute Gasteiger partial charge is 0.164 e. The van der Waals surface area contributed by atoms with Crippen molar-refractivity contribution >= 4 is 11.6 Å². The highest BCUT2D eigenvalue weighted by atomic mass is 35.5. The van der Waals surface area contributed by atoms with E-state index in [4.69, 9.17) is 16.3 Å². The molecule has 108 valence electrons. The fourth-order valence-electron chi connectivity index (χ4n) is 2.02. The maximum Gasteiger partial charge on any atom is 0.164 e. The highest BCUT2D eigenvalue weighted by Gasteiger charge is 2.10. The monoisotopic (exact) mass is 294 g/mol. The van der Waals surface area contributed by atoms with E-state index in [9.17, 15) is 0 Å². The van der Waals surface area contributed by atoms with Crippen LogP contribution in [0.5, 0.6) is 5.75 Å². The van der Waals surface area contributed by atoms with Crippen molar-refractivity contribution in [2.24, 2.45) is 0 Å². The lowest BCUT2D eigenvalue weighted by Gasteiger charge is -2.17. The summed E-state index contributed by atoms with van der Waals surface area (Å²) in [5, 5.41) is 7.70. The summed E-state index contributed by atoms with van der Waals surface area (Å²) in [7, 11) is 2.02. The molecule has 2 rings (SSSR count). The van der Waals surface area contributed by atoms with Gasteiger partial charge in [0.15, 0.2) is 5.82 Å². The van der Waals surface area contributed by atoms with Gasteiger partial charge in [0.2, 0.25) is 0 Å². The highest BCUT2D eigenvalue weighted by molar-refractivity contribution is 6.30. The molecule has 6 heteroatoms. The first-order valence-corrected chi connectivity index (χ1v) is 6.94. The van der Waals surface area contributed by atoms with Gasteiger partial charge in [-0.15, -0.1) is 0 Å². The minimum Gasteiger partial charge on any atom is -0.494 e. The van der Waals surface area contributed by atoms with Gasteiger partial charge in [-0.3, -0.25) is 10.00 Å². The van der Waals surface area contributed by atoms with E-state index in [1.807, 2.05) is 39.1 Å². The van der Waals surface area contributed by atoms with Gasteiger partial charge < -0.3 is 4.74 Å². The second-order valence-electron chi connectivity index (χ2n) is 4.69. The Bertz CT molecular complexity index is 570. The molecule has 0 amide bonds. The summed E-state index contributed by atoms with van der Waals surface area (Å²) in [5.41, 5.74) is 1.06. The van der Waals surface area contributed by atoms with Crippen LogP contribution in [-0.2, 0) is 13.1 Å². The summed E-state index contributed by atoms with van der Waals surface area (Å²) < 4.78 is 5.62. The number of nitrogens with zero attached hydrogens (tertiary/aromatic N) is 3. The first kappa shape index (κ1) is 14.8. The Labute approximate surface area is 123 Å². The van der Waals surface area contributed by atoms with Crippen LogP contribution < -0.4 is 4.74 Å². The first-order chi connectivity index (χ1) is 9.58. The Hall–Kier alpha value is -1.59. The molecule has 1 aromatic carbocycles. The second-order valence-corrected chi connectivity index (χ2v) is 5.13. The minimum absolute atomic E-state index is 0.637. The Morgan fingerprint density at radius 1 is 1.35 bits per heavy atom. The summed E-state index contributed by atoms with van der Waals surface area (Å²) in [6, 6.07) is 5.69. The highest BCUT2D eigenvalue weighted by Crippen LogP contribution is 2.24. The normalized spacial score (nSPS) is 11.1. The molecule has 0 spiro atoms. The maximum atomic E-state index is 6.06.